The quantitative estimate of drug-likeness (QED) is 0.0699. The molecule has 0 aliphatic rings. The first-order chi connectivity index (χ1) is 18.4. The molecule has 10 heteroatoms. The molecule has 0 N–H and O–H groups in total. The summed E-state index contributed by atoms with van der Waals surface area (Å²) in [5.74, 6) is 0.155. The lowest BCUT2D eigenvalue weighted by atomic mass is 10.2. The van der Waals surface area contributed by atoms with Gasteiger partial charge < -0.3 is 14.4 Å². The highest BCUT2D eigenvalue weighted by Gasteiger charge is 2.06. The molecule has 3 rings (SSSR count). The molecule has 0 saturated carbocycles. The van der Waals surface area contributed by atoms with Crippen molar-refractivity contribution >= 4 is 44.0 Å². The average molecular weight is 531 g/mol. The van der Waals surface area contributed by atoms with Crippen LogP contribution in [0, 0.1) is 0 Å². The van der Waals surface area contributed by atoms with E-state index in [-0.39, 0.29) is 13.2 Å². The van der Waals surface area contributed by atoms with Gasteiger partial charge in [-0.25, -0.2) is 9.78 Å². The molecular weight excluding hydrogens is 500 g/mol. The molecule has 196 valence electrons. The first kappa shape index (κ1) is 28.1. The number of nitrogens with zero attached hydrogens (tertiary/aromatic N) is 6. The van der Waals surface area contributed by atoms with E-state index in [4.69, 9.17) is 9.47 Å². The standard InChI is InChI=1S/C28H30N6O3S/c1-6-27(35)37-18-17-36-24-15-16-25-26(19-24)38-28(29-25)33-31-21(5)10-9-20(4)30-32-22-11-13-23(14-12-22)34(7-2)8-3/h6,9-16,19H,1,4-5,7-8,17-18H2,2-3H3/b10-9-,32-30?,33-31?. The van der Waals surface area contributed by atoms with Gasteiger partial charge in [0.15, 0.2) is 0 Å². The van der Waals surface area contributed by atoms with E-state index in [2.05, 4.69) is 63.9 Å². The van der Waals surface area contributed by atoms with E-state index >= 15 is 0 Å². The highest BCUT2D eigenvalue weighted by atomic mass is 32.1. The Bertz CT molecular complexity index is 1370. The summed E-state index contributed by atoms with van der Waals surface area (Å²) in [5.41, 5.74) is 3.55. The second-order valence-electron chi connectivity index (χ2n) is 7.75. The van der Waals surface area contributed by atoms with Crippen molar-refractivity contribution in [3.8, 4) is 5.75 Å². The maximum atomic E-state index is 11.1. The van der Waals surface area contributed by atoms with Crippen LogP contribution >= 0.6 is 11.3 Å². The number of esters is 1. The zero-order valence-electron chi connectivity index (χ0n) is 21.5. The minimum atomic E-state index is -0.483. The Morgan fingerprint density at radius 2 is 1.68 bits per heavy atom. The number of ether oxygens (including phenoxy) is 2. The smallest absolute Gasteiger partial charge is 0.330 e. The summed E-state index contributed by atoms with van der Waals surface area (Å²) in [4.78, 5) is 17.8. The Morgan fingerprint density at radius 3 is 2.34 bits per heavy atom. The van der Waals surface area contributed by atoms with Gasteiger partial charge in [0, 0.05) is 24.9 Å². The van der Waals surface area contributed by atoms with Crippen LogP contribution in [0.4, 0.5) is 16.5 Å². The molecule has 0 aliphatic carbocycles. The number of anilines is 1. The van der Waals surface area contributed by atoms with Gasteiger partial charge in [0.2, 0.25) is 5.13 Å². The van der Waals surface area contributed by atoms with Crippen LogP contribution < -0.4 is 9.64 Å². The van der Waals surface area contributed by atoms with Crippen LogP contribution in [-0.2, 0) is 9.53 Å². The summed E-state index contributed by atoms with van der Waals surface area (Å²) >= 11 is 1.37. The van der Waals surface area contributed by atoms with Gasteiger partial charge in [0.1, 0.15) is 19.0 Å². The van der Waals surface area contributed by atoms with E-state index in [0.29, 0.717) is 22.3 Å². The highest BCUT2D eigenvalue weighted by Crippen LogP contribution is 2.31. The maximum absolute atomic E-state index is 11.1. The van der Waals surface area contributed by atoms with Gasteiger partial charge in [0.05, 0.1) is 27.3 Å². The number of thiazole rings is 1. The van der Waals surface area contributed by atoms with Crippen LogP contribution in [0.5, 0.6) is 5.75 Å². The van der Waals surface area contributed by atoms with Crippen LogP contribution in [0.2, 0.25) is 0 Å². The fraction of sp³-hybridized carbons (Fsp3) is 0.214. The van der Waals surface area contributed by atoms with Crippen LogP contribution in [0.3, 0.4) is 0 Å². The number of hydrogen-bond acceptors (Lipinski definition) is 10. The lowest BCUT2D eigenvalue weighted by molar-refractivity contribution is -0.138. The molecule has 0 aliphatic heterocycles. The van der Waals surface area contributed by atoms with Crippen LogP contribution in [0.15, 0.2) is 112 Å². The van der Waals surface area contributed by atoms with E-state index in [0.717, 1.165) is 40.8 Å². The maximum Gasteiger partial charge on any atom is 0.330 e. The molecule has 0 fully saturated rings. The average Bonchev–Trinajstić information content (AvgIpc) is 3.35. The number of azo groups is 2. The van der Waals surface area contributed by atoms with Crippen LogP contribution in [0.1, 0.15) is 13.8 Å². The number of carbonyl (C=O) groups is 1. The summed E-state index contributed by atoms with van der Waals surface area (Å²) in [6.07, 6.45) is 4.44. The molecule has 1 heterocycles. The molecule has 0 spiro atoms. The fourth-order valence-electron chi connectivity index (χ4n) is 3.19. The molecule has 0 atom stereocenters. The summed E-state index contributed by atoms with van der Waals surface area (Å²) in [6, 6.07) is 13.4. The Balaban J connectivity index is 1.51. The largest absolute Gasteiger partial charge is 0.490 e. The normalized spacial score (nSPS) is 11.4. The van der Waals surface area contributed by atoms with E-state index in [1.165, 1.54) is 11.3 Å². The molecule has 9 nitrogen and oxygen atoms in total. The molecule has 1 aromatic heterocycles. The number of benzene rings is 2. The second-order valence-corrected chi connectivity index (χ2v) is 8.76. The SMILES string of the molecule is C=CC(=O)OCCOc1ccc2nc(N=NC(=C)/C=C\C(=C)N=Nc3ccc(N(CC)CC)cc3)sc2c1. The summed E-state index contributed by atoms with van der Waals surface area (Å²) < 4.78 is 11.4. The highest BCUT2D eigenvalue weighted by molar-refractivity contribution is 7.21. The third-order valence-electron chi connectivity index (χ3n) is 5.12. The number of hydrogen-bond donors (Lipinski definition) is 0. The van der Waals surface area contributed by atoms with Crippen molar-refractivity contribution in [3.63, 3.8) is 0 Å². The van der Waals surface area contributed by atoms with Gasteiger partial charge in [0.25, 0.3) is 0 Å². The van der Waals surface area contributed by atoms with Gasteiger partial charge in [-0.15, -0.1) is 10.2 Å². The lowest BCUT2D eigenvalue weighted by Gasteiger charge is -2.20. The fourth-order valence-corrected chi connectivity index (χ4v) is 4.01. The zero-order chi connectivity index (χ0) is 27.3. The van der Waals surface area contributed by atoms with Crippen molar-refractivity contribution in [2.24, 2.45) is 20.5 Å². The summed E-state index contributed by atoms with van der Waals surface area (Å²) in [6.45, 7) is 17.6. The summed E-state index contributed by atoms with van der Waals surface area (Å²) in [5, 5.41) is 17.1. The van der Waals surface area contributed by atoms with Crippen molar-refractivity contribution in [1.29, 1.82) is 0 Å². The van der Waals surface area contributed by atoms with Crippen LogP contribution in [-0.4, -0.2) is 37.3 Å². The number of carbonyl (C=O) groups excluding carboxylic acids is 1. The molecule has 3 aromatic rings. The van der Waals surface area contributed by atoms with Crippen LogP contribution in [0.25, 0.3) is 10.2 Å². The zero-order valence-corrected chi connectivity index (χ0v) is 22.4. The Hall–Kier alpha value is -4.44. The predicted octanol–water partition coefficient (Wildman–Crippen LogP) is 7.70. The third-order valence-corrected chi connectivity index (χ3v) is 6.02. The minimum absolute atomic E-state index is 0.137. The molecule has 2 aromatic carbocycles. The Kier molecular flexibility index (Phi) is 10.6. The van der Waals surface area contributed by atoms with Gasteiger partial charge in [-0.2, -0.15) is 10.2 Å². The topological polar surface area (TPSA) is 101 Å². The van der Waals surface area contributed by atoms with E-state index in [9.17, 15) is 4.79 Å². The first-order valence-corrected chi connectivity index (χ1v) is 12.8. The minimum Gasteiger partial charge on any atom is -0.490 e. The third kappa shape index (κ3) is 8.59. The monoisotopic (exact) mass is 530 g/mol. The number of fused-ring (bicyclic) bond motifs is 1. The molecule has 0 radical (unpaired) electrons. The van der Waals surface area contributed by atoms with Crippen molar-refractivity contribution < 1.29 is 14.3 Å². The summed E-state index contributed by atoms with van der Waals surface area (Å²) in [7, 11) is 0. The Labute approximate surface area is 226 Å². The van der Waals surface area contributed by atoms with E-state index in [1.807, 2.05) is 36.4 Å². The lowest BCUT2D eigenvalue weighted by Crippen LogP contribution is -2.21. The van der Waals surface area contributed by atoms with Crippen molar-refractivity contribution in [2.75, 3.05) is 31.2 Å². The molecular formula is C28H30N6O3S. The number of rotatable bonds is 14. The second kappa shape index (κ2) is 14.3. The van der Waals surface area contributed by atoms with Crippen molar-refractivity contribution in [2.45, 2.75) is 13.8 Å². The Morgan fingerprint density at radius 1 is 1.00 bits per heavy atom. The van der Waals surface area contributed by atoms with Gasteiger partial charge in [-0.05, 0) is 68.5 Å². The predicted molar refractivity (Wildman–Crippen MR) is 153 cm³/mol. The molecule has 38 heavy (non-hydrogen) atoms. The molecule has 0 bridgehead atoms. The molecule has 0 amide bonds. The molecule has 0 saturated heterocycles. The van der Waals surface area contributed by atoms with Gasteiger partial charge >= 0.3 is 5.97 Å². The number of aromatic nitrogens is 1. The first-order valence-electron chi connectivity index (χ1n) is 12.0. The van der Waals surface area contributed by atoms with Gasteiger partial charge in [-0.3, -0.25) is 0 Å². The number of allylic oxidation sites excluding steroid dienone is 2. The van der Waals surface area contributed by atoms with Crippen molar-refractivity contribution in [3.05, 3.63) is 91.8 Å². The van der Waals surface area contributed by atoms with Crippen molar-refractivity contribution in [1.82, 2.24) is 4.98 Å². The molecule has 0 unspecified atom stereocenters. The van der Waals surface area contributed by atoms with E-state index in [1.54, 1.807) is 18.2 Å². The van der Waals surface area contributed by atoms with E-state index < -0.39 is 5.97 Å². The van der Waals surface area contributed by atoms with Gasteiger partial charge in [-0.1, -0.05) is 31.1 Å².